The fourth-order valence-electron chi connectivity index (χ4n) is 4.16. The maximum absolute atomic E-state index is 9.63. The van der Waals surface area contributed by atoms with Crippen LogP contribution in [0.2, 0.25) is 0 Å². The van der Waals surface area contributed by atoms with E-state index in [0.717, 1.165) is 12.5 Å². The minimum atomic E-state index is -2.67. The van der Waals surface area contributed by atoms with Gasteiger partial charge in [-0.25, -0.2) is 8.42 Å². The van der Waals surface area contributed by atoms with E-state index in [9.17, 15) is 17.4 Å². The number of carbonyl (C=O) groups is 1. The number of hydrogen-bond donors (Lipinski definition) is 1. The number of ether oxygens (including phenoxy) is 1. The summed E-state index contributed by atoms with van der Waals surface area (Å²) in [5, 5.41) is 10.8. The average molecular weight is 1220 g/mol. The number of allylic oxidation sites excluding steroid dienone is 5. The number of fused-ring (bicyclic) bond motifs is 3. The van der Waals surface area contributed by atoms with Gasteiger partial charge in [-0.3, -0.25) is 4.21 Å². The molecule has 84 heavy (non-hydrogen) atoms. The number of aryl methyl sites for hydroxylation is 3. The normalized spacial score (nSPS) is 8.36. The average Bonchev–Trinajstić information content (AvgIpc) is 3.46. The SMILES string of the molecule is C=C(C)C.CC.CC.CC.CC#CC.CC(C)=O.CC=CC.CC=CC.CC=NC.CCC.CNC.COC.CS(C)(=O)=O.CS(C)=O.CSC.Cc1c2ccccc2cc2ccccc12.Cc1cccc2ccccc12.Cc1ccccc1. The van der Waals surface area contributed by atoms with Gasteiger partial charge in [0.2, 0.25) is 0 Å². The lowest BCUT2D eigenvalue weighted by Gasteiger charge is -2.06. The molecule has 0 aliphatic heterocycles. The van der Waals surface area contributed by atoms with Gasteiger partial charge in [0.05, 0.1) is 0 Å². The molecule has 0 unspecified atom stereocenters. The van der Waals surface area contributed by atoms with Crippen LogP contribution in [0.5, 0.6) is 0 Å². The summed E-state index contributed by atoms with van der Waals surface area (Å²) in [6.07, 6.45) is 20.7. The molecule has 6 rings (SSSR count). The van der Waals surface area contributed by atoms with E-state index >= 15 is 0 Å². The number of ketones is 1. The molecule has 0 saturated carbocycles. The lowest BCUT2D eigenvalue weighted by atomic mass is 9.98. The Balaban J connectivity index is -0.0000000684. The van der Waals surface area contributed by atoms with Gasteiger partial charge >= 0.3 is 0 Å². The number of aliphatic imine (C=N–C) groups is 1. The number of thioether (sulfide) groups is 1. The Labute approximate surface area is 530 Å². The number of nitrogens with one attached hydrogen (secondary N) is 1. The van der Waals surface area contributed by atoms with Gasteiger partial charge in [-0.05, 0) is 179 Å². The van der Waals surface area contributed by atoms with Crippen molar-refractivity contribution in [1.82, 2.24) is 5.32 Å². The topological polar surface area (TPSA) is 102 Å². The molecule has 1 N–H and O–H groups in total. The van der Waals surface area contributed by atoms with E-state index in [2.05, 4.69) is 177 Å². The van der Waals surface area contributed by atoms with Crippen LogP contribution in [0.4, 0.5) is 0 Å². The molecule has 0 saturated heterocycles. The highest BCUT2D eigenvalue weighted by Gasteiger charge is 2.01. The van der Waals surface area contributed by atoms with Crippen LogP contribution in [0.3, 0.4) is 0 Å². The van der Waals surface area contributed by atoms with E-state index in [1.165, 1.54) is 74.8 Å². The lowest BCUT2D eigenvalue weighted by molar-refractivity contribution is -0.115. The fraction of sp³-hybridized carbons (Fsp3) is 0.459. The van der Waals surface area contributed by atoms with Crippen molar-refractivity contribution >= 4 is 76.7 Å². The van der Waals surface area contributed by atoms with Gasteiger partial charge in [0.15, 0.2) is 0 Å². The summed E-state index contributed by atoms with van der Waals surface area (Å²) < 4.78 is 33.1. The summed E-state index contributed by atoms with van der Waals surface area (Å²) in [6.45, 7) is 46.8. The number of carbonyl (C=O) groups excluding carboxylic acids is 1. The third kappa shape index (κ3) is 115. The summed E-state index contributed by atoms with van der Waals surface area (Å²) in [5.74, 6) is 5.53. The van der Waals surface area contributed by atoms with Gasteiger partial charge in [-0.2, -0.15) is 11.8 Å². The van der Waals surface area contributed by atoms with Crippen LogP contribution in [-0.2, 0) is 30.2 Å². The molecule has 6 aromatic rings. The van der Waals surface area contributed by atoms with Crippen LogP contribution in [-0.4, -0.2) is 97.5 Å². The minimum Gasteiger partial charge on any atom is -0.388 e. The van der Waals surface area contributed by atoms with Crippen molar-refractivity contribution in [3.05, 3.63) is 181 Å². The molecule has 0 heterocycles. The molecule has 0 amide bonds. The van der Waals surface area contributed by atoms with Crippen molar-refractivity contribution in [2.24, 2.45) is 4.99 Å². The smallest absolute Gasteiger partial charge is 0.144 e. The molecule has 7 nitrogen and oxygen atoms in total. The number of nitrogens with zero attached hydrogens (tertiary/aromatic N) is 1. The summed E-state index contributed by atoms with van der Waals surface area (Å²) in [4.78, 5) is 13.1. The number of hydrogen-bond acceptors (Lipinski definition) is 8. The molecule has 0 aliphatic carbocycles. The minimum absolute atomic E-state index is 0.167. The van der Waals surface area contributed by atoms with E-state index in [4.69, 9.17) is 0 Å². The highest BCUT2D eigenvalue weighted by molar-refractivity contribution is 7.97. The molecule has 0 atom stereocenters. The zero-order valence-corrected chi connectivity index (χ0v) is 62.6. The second-order valence-electron chi connectivity index (χ2n) is 16.8. The Morgan fingerprint density at radius 2 is 0.821 bits per heavy atom. The first kappa shape index (κ1) is 107. The van der Waals surface area contributed by atoms with Crippen molar-refractivity contribution in [2.75, 3.05) is 72.9 Å². The van der Waals surface area contributed by atoms with Gasteiger partial charge < -0.3 is 19.8 Å². The zero-order chi connectivity index (χ0) is 68.8. The van der Waals surface area contributed by atoms with E-state index in [-0.39, 0.29) is 5.78 Å². The van der Waals surface area contributed by atoms with Crippen molar-refractivity contribution in [3.8, 4) is 11.8 Å². The summed E-state index contributed by atoms with van der Waals surface area (Å²) in [5.41, 5.74) is 5.22. The van der Waals surface area contributed by atoms with Crippen LogP contribution in [0.15, 0.2) is 169 Å². The van der Waals surface area contributed by atoms with Gasteiger partial charge in [0.25, 0.3) is 0 Å². The molecule has 484 valence electrons. The monoisotopic (exact) mass is 1220 g/mol. The summed E-state index contributed by atoms with van der Waals surface area (Å²) >= 11 is 1.75. The van der Waals surface area contributed by atoms with Gasteiger partial charge in [0.1, 0.15) is 15.6 Å². The molecule has 0 spiro atoms. The lowest BCUT2D eigenvalue weighted by Crippen LogP contribution is -1.89. The Kier molecular flexibility index (Phi) is 119. The standard InChI is InChI=1S/C15H12.C11H10.C7H8.3C4H8.C4H6.C3H7N.C3H6O.C3H8.C2H7N.C2H6O2S.C2H6OS.C2H6O.C2H6S.3C2H6/c1-11-14-8-4-2-6-12(14)10-13-7-3-5-9-15(11)13;1-9-5-4-7-10-6-2-3-8-11(9)10;1-7-5-3-2-4-6-7;1-4(2)3;4*1-3-4-2;1-3(2)4;2*1-3-2;1-5(2,3)4;1-4(2)3;2*1-3-2;3*1-2/h2-10H,1H3;2-8H,1H3;2-6H,1H3;1H2,2-3H3;2*3-4H,1-2H3;1-2H3;3H,1-2H3;1-2H3;3H2,1-2H3;3H,1-2H3;1-2H3;1-2H3;2*1-2H3;3*1-2H3. The number of benzene rings is 6. The van der Waals surface area contributed by atoms with Crippen LogP contribution < -0.4 is 5.32 Å². The highest BCUT2D eigenvalue weighted by atomic mass is 32.2. The van der Waals surface area contributed by atoms with Crippen molar-refractivity contribution in [2.45, 2.75) is 159 Å². The second-order valence-corrected chi connectivity index (χ2v) is 21.4. The molecule has 0 radical (unpaired) electrons. The molecular weight excluding hydrogens is 1090 g/mol. The van der Waals surface area contributed by atoms with Crippen LogP contribution in [0.1, 0.15) is 155 Å². The first-order chi connectivity index (χ1) is 39.6. The Hall–Kier alpha value is -5.41. The van der Waals surface area contributed by atoms with E-state index < -0.39 is 20.6 Å². The molecule has 0 aromatic heterocycles. The van der Waals surface area contributed by atoms with Gasteiger partial charge in [-0.15, -0.1) is 18.4 Å². The second kappa shape index (κ2) is 94.0. The third-order valence-corrected chi connectivity index (χ3v) is 7.16. The van der Waals surface area contributed by atoms with E-state index in [0.29, 0.717) is 0 Å². The van der Waals surface area contributed by atoms with Crippen LogP contribution in [0, 0.1) is 32.6 Å². The Morgan fingerprint density at radius 3 is 1.02 bits per heavy atom. The number of methoxy groups -OCH3 is 1. The first-order valence-electron chi connectivity index (χ1n) is 28.7. The van der Waals surface area contributed by atoms with E-state index in [1.54, 1.807) is 51.8 Å². The third-order valence-electron chi connectivity index (χ3n) is 7.16. The van der Waals surface area contributed by atoms with Crippen molar-refractivity contribution in [1.29, 1.82) is 0 Å². The largest absolute Gasteiger partial charge is 0.388 e. The molecule has 0 aliphatic rings. The fourth-order valence-corrected chi connectivity index (χ4v) is 4.16. The number of sulfone groups is 1. The van der Waals surface area contributed by atoms with Crippen LogP contribution in [0.25, 0.3) is 32.3 Å². The predicted molar refractivity (Wildman–Crippen MR) is 401 cm³/mol. The van der Waals surface area contributed by atoms with Crippen molar-refractivity contribution in [3.63, 3.8) is 0 Å². The summed E-state index contributed by atoms with van der Waals surface area (Å²) in [6, 6.07) is 44.5. The zero-order valence-electron chi connectivity index (χ0n) is 60.1. The molecule has 0 bridgehead atoms. The first-order valence-corrected chi connectivity index (χ1v) is 34.6. The maximum atomic E-state index is 9.63. The Morgan fingerprint density at radius 1 is 0.607 bits per heavy atom. The molecule has 6 aromatic carbocycles. The number of Topliss-reactive ketones (excluding diaryl/α,β-unsaturated/α-hetero) is 1. The number of rotatable bonds is 0. The quantitative estimate of drug-likeness (QED) is 0.0699. The predicted octanol–water partition coefficient (Wildman–Crippen LogP) is 21.8. The molecule has 10 heteroatoms. The molecular formula is C74H130N2O5S3. The maximum Gasteiger partial charge on any atom is 0.144 e. The van der Waals surface area contributed by atoms with Crippen LogP contribution >= 0.6 is 11.8 Å². The van der Waals surface area contributed by atoms with E-state index in [1.807, 2.05) is 173 Å². The van der Waals surface area contributed by atoms with Gasteiger partial charge in [-0.1, -0.05) is 219 Å². The molecule has 0 fully saturated rings. The van der Waals surface area contributed by atoms with Gasteiger partial charge in [0, 0.05) is 57.1 Å². The highest BCUT2D eigenvalue weighted by Crippen LogP contribution is 2.27. The Bertz CT molecular complexity index is 2370. The summed E-state index contributed by atoms with van der Waals surface area (Å²) in [7, 11) is 5.47. The van der Waals surface area contributed by atoms with Crippen molar-refractivity contribution < 1.29 is 22.2 Å².